The third-order valence-corrected chi connectivity index (χ3v) is 8.36. The first-order chi connectivity index (χ1) is 18.5. The van der Waals surface area contributed by atoms with Crippen molar-refractivity contribution in [3.63, 3.8) is 0 Å². The number of aliphatic hydroxyl groups excluding tert-OH is 1. The number of allylic oxidation sites excluding steroid dienone is 1. The van der Waals surface area contributed by atoms with Gasteiger partial charge in [-0.2, -0.15) is 0 Å². The highest BCUT2D eigenvalue weighted by molar-refractivity contribution is 5.98. The molecule has 4 fully saturated rings. The number of ether oxygens (including phenoxy) is 3. The molecule has 10 nitrogen and oxygen atoms in total. The van der Waals surface area contributed by atoms with Crippen molar-refractivity contribution in [2.45, 2.75) is 56.3 Å². The maximum atomic E-state index is 14.2. The molecule has 10 heteroatoms. The molecule has 4 heterocycles. The second-order valence-electron chi connectivity index (χ2n) is 10.6. The zero-order valence-electron chi connectivity index (χ0n) is 22.4. The van der Waals surface area contributed by atoms with E-state index in [2.05, 4.69) is 18.1 Å². The molecule has 4 aliphatic rings. The van der Waals surface area contributed by atoms with Gasteiger partial charge in [-0.15, -0.1) is 13.2 Å². The minimum Gasteiger partial charge on any atom is -0.465 e. The Morgan fingerprint density at radius 3 is 2.66 bits per heavy atom. The molecule has 2 amide bonds. The van der Waals surface area contributed by atoms with Gasteiger partial charge in [0.25, 0.3) is 0 Å². The van der Waals surface area contributed by atoms with Gasteiger partial charge in [-0.25, -0.2) is 0 Å². The Kier molecular flexibility index (Phi) is 9.97. The quantitative estimate of drug-likeness (QED) is 0.189. The van der Waals surface area contributed by atoms with E-state index in [9.17, 15) is 19.5 Å². The maximum Gasteiger partial charge on any atom is 0.312 e. The van der Waals surface area contributed by atoms with Crippen LogP contribution in [-0.2, 0) is 28.6 Å². The first kappa shape index (κ1) is 28.7. The summed E-state index contributed by atoms with van der Waals surface area (Å²) in [5, 5.41) is 9.52. The predicted octanol–water partition coefficient (Wildman–Crippen LogP) is 0.990. The zero-order valence-corrected chi connectivity index (χ0v) is 22.4. The summed E-state index contributed by atoms with van der Waals surface area (Å²) in [6, 6.07) is -0.841. The highest BCUT2D eigenvalue weighted by Gasteiger charge is 2.75. The van der Waals surface area contributed by atoms with Gasteiger partial charge < -0.3 is 29.1 Å². The predicted molar refractivity (Wildman–Crippen MR) is 140 cm³/mol. The van der Waals surface area contributed by atoms with Crippen molar-refractivity contribution in [3.8, 4) is 0 Å². The summed E-state index contributed by atoms with van der Waals surface area (Å²) in [7, 11) is 0. The van der Waals surface area contributed by atoms with Gasteiger partial charge in [-0.1, -0.05) is 12.2 Å². The Bertz CT molecular complexity index is 877. The van der Waals surface area contributed by atoms with Crippen molar-refractivity contribution in [1.29, 1.82) is 0 Å². The number of fused-ring (bicyclic) bond motifs is 1. The molecule has 1 spiro atoms. The number of hydrogen-bond acceptors (Lipinski definition) is 8. The van der Waals surface area contributed by atoms with Crippen LogP contribution in [0.5, 0.6) is 0 Å². The van der Waals surface area contributed by atoms with E-state index >= 15 is 0 Å². The van der Waals surface area contributed by atoms with Gasteiger partial charge in [-0.3, -0.25) is 19.3 Å². The summed E-state index contributed by atoms with van der Waals surface area (Å²) in [5.74, 6) is -2.32. The van der Waals surface area contributed by atoms with Crippen LogP contribution >= 0.6 is 0 Å². The van der Waals surface area contributed by atoms with E-state index in [0.717, 1.165) is 32.4 Å². The lowest BCUT2D eigenvalue weighted by Gasteiger charge is -2.37. The standard InChI is InChI=1S/C28H43N3O7/c1-3-5-6-7-18-37-27(35)22-21-9-10-28(38-21)23(22)25(33)31(12-8-17-32)24(28)26(34)30(11-4-2)14-13-29-15-19-36-20-16-29/h3-4,21-24,32H,1-2,5-20H2/t21-,22+,23-,24?,28?/m0/s1. The molecule has 0 aromatic heterocycles. The van der Waals surface area contributed by atoms with Gasteiger partial charge in [0, 0.05) is 45.9 Å². The number of nitrogens with zero attached hydrogens (tertiary/aromatic N) is 3. The Morgan fingerprint density at radius 1 is 1.16 bits per heavy atom. The molecule has 2 unspecified atom stereocenters. The summed E-state index contributed by atoms with van der Waals surface area (Å²) in [5.41, 5.74) is -1.06. The Morgan fingerprint density at radius 2 is 1.95 bits per heavy atom. The number of carbonyl (C=O) groups excluding carboxylic acids is 3. The number of carbonyl (C=O) groups is 3. The molecule has 38 heavy (non-hydrogen) atoms. The first-order valence-corrected chi connectivity index (χ1v) is 14.0. The SMILES string of the molecule is C=CCCCCOC(=O)[C@@H]1[C@@H]2CCC3(O2)C(C(=O)N(CC=C)CCN2CCOCC2)N(CCCO)C(=O)[C@H]13. The fourth-order valence-corrected chi connectivity index (χ4v) is 6.55. The van der Waals surface area contributed by atoms with Gasteiger partial charge in [0.05, 0.1) is 37.8 Å². The van der Waals surface area contributed by atoms with Crippen LogP contribution in [-0.4, -0.2) is 121 Å². The number of unbranched alkanes of at least 4 members (excludes halogenated alkanes) is 2. The lowest BCUT2D eigenvalue weighted by atomic mass is 9.70. The molecule has 0 aromatic rings. The largest absolute Gasteiger partial charge is 0.465 e. The summed E-state index contributed by atoms with van der Waals surface area (Å²) >= 11 is 0. The topological polar surface area (TPSA) is 109 Å². The van der Waals surface area contributed by atoms with E-state index in [1.165, 1.54) is 0 Å². The Labute approximate surface area is 225 Å². The van der Waals surface area contributed by atoms with Crippen LogP contribution in [0.15, 0.2) is 25.3 Å². The fourth-order valence-electron chi connectivity index (χ4n) is 6.55. The molecular formula is C28H43N3O7. The minimum atomic E-state index is -1.06. The maximum absolute atomic E-state index is 14.2. The molecule has 5 atom stereocenters. The molecule has 4 saturated heterocycles. The summed E-state index contributed by atoms with van der Waals surface area (Å²) in [4.78, 5) is 46.8. The average Bonchev–Trinajstić information content (AvgIpc) is 3.57. The summed E-state index contributed by atoms with van der Waals surface area (Å²) in [6.07, 6.45) is 7.04. The number of aliphatic hydroxyl groups is 1. The molecule has 0 radical (unpaired) electrons. The summed E-state index contributed by atoms with van der Waals surface area (Å²) < 4.78 is 17.5. The number of hydrogen-bond donors (Lipinski definition) is 1. The van der Waals surface area contributed by atoms with E-state index in [-0.39, 0.29) is 31.6 Å². The Hall–Kier alpha value is -2.27. The van der Waals surface area contributed by atoms with Gasteiger partial charge in [-0.05, 0) is 38.5 Å². The summed E-state index contributed by atoms with van der Waals surface area (Å²) in [6.45, 7) is 12.5. The lowest BCUT2D eigenvalue weighted by molar-refractivity contribution is -0.155. The van der Waals surface area contributed by atoms with E-state index in [0.29, 0.717) is 52.1 Å². The van der Waals surface area contributed by atoms with Gasteiger partial charge in [0.1, 0.15) is 11.6 Å². The molecule has 4 aliphatic heterocycles. The van der Waals surface area contributed by atoms with Gasteiger partial charge in [0.2, 0.25) is 11.8 Å². The second-order valence-corrected chi connectivity index (χ2v) is 10.6. The number of rotatable bonds is 15. The molecule has 1 N–H and O–H groups in total. The molecule has 0 aliphatic carbocycles. The number of likely N-dealkylation sites (tertiary alicyclic amines) is 1. The van der Waals surface area contributed by atoms with Gasteiger partial charge >= 0.3 is 5.97 Å². The van der Waals surface area contributed by atoms with E-state index in [4.69, 9.17) is 14.2 Å². The number of amides is 2. The van der Waals surface area contributed by atoms with Crippen LogP contribution in [0.2, 0.25) is 0 Å². The van der Waals surface area contributed by atoms with E-state index in [1.807, 2.05) is 6.08 Å². The molecule has 4 rings (SSSR count). The van der Waals surface area contributed by atoms with Crippen LogP contribution in [0.3, 0.4) is 0 Å². The van der Waals surface area contributed by atoms with Crippen molar-refractivity contribution in [3.05, 3.63) is 25.3 Å². The minimum absolute atomic E-state index is 0.102. The van der Waals surface area contributed by atoms with Crippen LogP contribution < -0.4 is 0 Å². The van der Waals surface area contributed by atoms with Crippen molar-refractivity contribution in [2.24, 2.45) is 11.8 Å². The molecule has 0 aromatic carbocycles. The van der Waals surface area contributed by atoms with Crippen LogP contribution in [0.4, 0.5) is 0 Å². The molecule has 0 saturated carbocycles. The molecule has 212 valence electrons. The Balaban J connectivity index is 1.53. The molecular weight excluding hydrogens is 490 g/mol. The normalized spacial score (nSPS) is 30.3. The van der Waals surface area contributed by atoms with Crippen molar-refractivity contribution in [2.75, 3.05) is 65.7 Å². The molecule has 2 bridgehead atoms. The van der Waals surface area contributed by atoms with Crippen molar-refractivity contribution < 1.29 is 33.7 Å². The number of esters is 1. The lowest BCUT2D eigenvalue weighted by Crippen LogP contribution is -2.57. The van der Waals surface area contributed by atoms with E-state index < -0.39 is 35.6 Å². The monoisotopic (exact) mass is 533 g/mol. The second kappa shape index (κ2) is 13.2. The van der Waals surface area contributed by atoms with Gasteiger partial charge in [0.15, 0.2) is 0 Å². The van der Waals surface area contributed by atoms with E-state index in [1.54, 1.807) is 15.9 Å². The number of morpholine rings is 1. The van der Waals surface area contributed by atoms with Crippen LogP contribution in [0, 0.1) is 11.8 Å². The van der Waals surface area contributed by atoms with Crippen LogP contribution in [0.1, 0.15) is 38.5 Å². The first-order valence-electron chi connectivity index (χ1n) is 14.0. The van der Waals surface area contributed by atoms with Crippen molar-refractivity contribution in [1.82, 2.24) is 14.7 Å². The highest BCUT2D eigenvalue weighted by Crippen LogP contribution is 2.58. The average molecular weight is 534 g/mol. The smallest absolute Gasteiger partial charge is 0.312 e. The fraction of sp³-hybridized carbons (Fsp3) is 0.750. The third kappa shape index (κ3) is 5.68. The zero-order chi connectivity index (χ0) is 27.1. The third-order valence-electron chi connectivity index (χ3n) is 8.36. The van der Waals surface area contributed by atoms with Crippen LogP contribution in [0.25, 0.3) is 0 Å². The highest BCUT2D eigenvalue weighted by atomic mass is 16.6. The van der Waals surface area contributed by atoms with Crippen molar-refractivity contribution >= 4 is 17.8 Å².